The van der Waals surface area contributed by atoms with Gasteiger partial charge in [-0.1, -0.05) is 42.1 Å². The highest BCUT2D eigenvalue weighted by atomic mass is 32.2. The molecule has 3 rings (SSSR count). The smallest absolute Gasteiger partial charge is 0.288 e. The van der Waals surface area contributed by atoms with E-state index in [0.29, 0.717) is 33.6 Å². The number of hydrogen-bond acceptors (Lipinski definition) is 3. The van der Waals surface area contributed by atoms with Gasteiger partial charge in [0.25, 0.3) is 11.7 Å². The number of anilines is 3. The molecule has 0 saturated carbocycles. The normalized spacial score (nSPS) is 10.7. The highest BCUT2D eigenvalue weighted by molar-refractivity contribution is 7.99. The van der Waals surface area contributed by atoms with Crippen LogP contribution < -0.4 is 10.6 Å². The molecule has 2 N–H and O–H groups in total. The lowest BCUT2D eigenvalue weighted by molar-refractivity contribution is 0.102. The van der Waals surface area contributed by atoms with Crippen molar-refractivity contribution in [3.8, 4) is 0 Å². The summed E-state index contributed by atoms with van der Waals surface area (Å²) < 4.78 is 24.8. The van der Waals surface area contributed by atoms with Gasteiger partial charge >= 0.3 is 0 Å². The molecule has 1 amide bonds. The van der Waals surface area contributed by atoms with Crippen molar-refractivity contribution >= 4 is 34.7 Å². The Balaban J connectivity index is 1.77. The number of carbonyl (C=O) groups is 1. The standard InChI is InChI=1S/C21H18F2N2OS/c1-14-6-2-4-8-18(14)25-20(26)17-7-3-5-9-19(17)24-15-10-12-16(13-11-15)27-21(22)23/h2-13,21,24H,1H3,(H,25,26). The molecule has 0 aliphatic heterocycles. The molecular weight excluding hydrogens is 366 g/mol. The molecule has 27 heavy (non-hydrogen) atoms. The number of aryl methyl sites for hydroxylation is 1. The Morgan fingerprint density at radius 2 is 1.52 bits per heavy atom. The number of thioether (sulfide) groups is 1. The molecule has 3 aromatic carbocycles. The van der Waals surface area contributed by atoms with Crippen molar-refractivity contribution < 1.29 is 13.6 Å². The van der Waals surface area contributed by atoms with Gasteiger partial charge in [-0.25, -0.2) is 0 Å². The fraction of sp³-hybridized carbons (Fsp3) is 0.0952. The Kier molecular flexibility index (Phi) is 6.08. The summed E-state index contributed by atoms with van der Waals surface area (Å²) in [6.07, 6.45) is 0. The van der Waals surface area contributed by atoms with E-state index in [1.807, 2.05) is 37.3 Å². The molecule has 0 bridgehead atoms. The third kappa shape index (κ3) is 5.08. The summed E-state index contributed by atoms with van der Waals surface area (Å²) >= 11 is 0.499. The van der Waals surface area contributed by atoms with E-state index in [9.17, 15) is 13.6 Å². The van der Waals surface area contributed by atoms with Crippen LogP contribution >= 0.6 is 11.8 Å². The number of benzene rings is 3. The van der Waals surface area contributed by atoms with Crippen molar-refractivity contribution in [2.75, 3.05) is 10.6 Å². The van der Waals surface area contributed by atoms with Crippen LogP contribution in [-0.4, -0.2) is 11.7 Å². The minimum Gasteiger partial charge on any atom is -0.355 e. The van der Waals surface area contributed by atoms with Crippen molar-refractivity contribution in [1.29, 1.82) is 0 Å². The quantitative estimate of drug-likeness (QED) is 0.490. The first-order valence-corrected chi connectivity index (χ1v) is 9.19. The maximum absolute atomic E-state index is 12.7. The van der Waals surface area contributed by atoms with Crippen molar-refractivity contribution in [3.05, 3.63) is 83.9 Å². The van der Waals surface area contributed by atoms with Gasteiger partial charge < -0.3 is 10.6 Å². The Bertz CT molecular complexity index is 929. The lowest BCUT2D eigenvalue weighted by Crippen LogP contribution is -2.14. The number of alkyl halides is 2. The molecule has 0 heterocycles. The summed E-state index contributed by atoms with van der Waals surface area (Å²) in [6.45, 7) is 1.93. The summed E-state index contributed by atoms with van der Waals surface area (Å²) in [5.74, 6) is -2.67. The van der Waals surface area contributed by atoms with Crippen LogP contribution in [0.1, 0.15) is 15.9 Å². The average molecular weight is 384 g/mol. The third-order valence-electron chi connectivity index (χ3n) is 3.92. The largest absolute Gasteiger partial charge is 0.355 e. The lowest BCUT2D eigenvalue weighted by atomic mass is 10.1. The van der Waals surface area contributed by atoms with E-state index in [-0.39, 0.29) is 5.91 Å². The molecule has 0 saturated heterocycles. The summed E-state index contributed by atoms with van der Waals surface area (Å²) in [5, 5.41) is 6.09. The number of nitrogens with one attached hydrogen (secondary N) is 2. The minimum absolute atomic E-state index is 0.225. The molecule has 0 fully saturated rings. The first kappa shape index (κ1) is 18.9. The number of amides is 1. The maximum atomic E-state index is 12.7. The van der Waals surface area contributed by atoms with Crippen LogP contribution in [0.4, 0.5) is 25.8 Å². The molecule has 0 unspecified atom stereocenters. The third-order valence-corrected chi connectivity index (χ3v) is 4.65. The first-order chi connectivity index (χ1) is 13.0. The highest BCUT2D eigenvalue weighted by Gasteiger charge is 2.12. The SMILES string of the molecule is Cc1ccccc1NC(=O)c1ccccc1Nc1ccc(SC(F)F)cc1. The zero-order valence-corrected chi connectivity index (χ0v) is 15.4. The average Bonchev–Trinajstić information content (AvgIpc) is 2.65. The monoisotopic (exact) mass is 384 g/mol. The van der Waals surface area contributed by atoms with E-state index in [4.69, 9.17) is 0 Å². The van der Waals surface area contributed by atoms with Crippen molar-refractivity contribution in [3.63, 3.8) is 0 Å². The summed E-state index contributed by atoms with van der Waals surface area (Å²) in [7, 11) is 0. The van der Waals surface area contributed by atoms with Gasteiger partial charge in [-0.05, 0) is 55.0 Å². The van der Waals surface area contributed by atoms with E-state index in [2.05, 4.69) is 10.6 Å². The molecule has 0 atom stereocenters. The molecule has 6 heteroatoms. The van der Waals surface area contributed by atoms with Crippen LogP contribution in [0.25, 0.3) is 0 Å². The molecule has 0 aromatic heterocycles. The van der Waals surface area contributed by atoms with E-state index in [1.165, 1.54) is 0 Å². The Labute approximate surface area is 160 Å². The molecule has 0 aliphatic rings. The molecule has 138 valence electrons. The topological polar surface area (TPSA) is 41.1 Å². The van der Waals surface area contributed by atoms with E-state index in [1.54, 1.807) is 42.5 Å². The number of halogens is 2. The van der Waals surface area contributed by atoms with Crippen LogP contribution in [0.2, 0.25) is 0 Å². The molecule has 3 aromatic rings. The van der Waals surface area contributed by atoms with Gasteiger partial charge in [-0.15, -0.1) is 0 Å². The summed E-state index contributed by atoms with van der Waals surface area (Å²) in [4.78, 5) is 13.2. The van der Waals surface area contributed by atoms with Gasteiger partial charge in [0, 0.05) is 16.3 Å². The lowest BCUT2D eigenvalue weighted by Gasteiger charge is -2.13. The number of hydrogen-bond donors (Lipinski definition) is 2. The number of carbonyl (C=O) groups excluding carboxylic acids is 1. The van der Waals surface area contributed by atoms with Crippen LogP contribution in [0.3, 0.4) is 0 Å². The summed E-state index contributed by atoms with van der Waals surface area (Å²) in [6, 6.07) is 21.4. The highest BCUT2D eigenvalue weighted by Crippen LogP contribution is 2.28. The second-order valence-electron chi connectivity index (χ2n) is 5.84. The molecule has 3 nitrogen and oxygen atoms in total. The molecule has 0 aliphatic carbocycles. The van der Waals surface area contributed by atoms with E-state index in [0.717, 1.165) is 11.3 Å². The van der Waals surface area contributed by atoms with Gasteiger partial charge in [-0.2, -0.15) is 8.78 Å². The molecule has 0 radical (unpaired) electrons. The van der Waals surface area contributed by atoms with Crippen LogP contribution in [0, 0.1) is 6.92 Å². The predicted molar refractivity (Wildman–Crippen MR) is 107 cm³/mol. The fourth-order valence-electron chi connectivity index (χ4n) is 2.57. The van der Waals surface area contributed by atoms with Crippen LogP contribution in [0.5, 0.6) is 0 Å². The number of para-hydroxylation sites is 2. The predicted octanol–water partition coefficient (Wildman–Crippen LogP) is 6.31. The Morgan fingerprint density at radius 3 is 2.19 bits per heavy atom. The second kappa shape index (κ2) is 8.68. The van der Waals surface area contributed by atoms with E-state index < -0.39 is 5.76 Å². The zero-order chi connectivity index (χ0) is 19.2. The first-order valence-electron chi connectivity index (χ1n) is 8.31. The fourth-order valence-corrected chi connectivity index (χ4v) is 3.07. The maximum Gasteiger partial charge on any atom is 0.288 e. The van der Waals surface area contributed by atoms with Gasteiger partial charge in [0.2, 0.25) is 0 Å². The van der Waals surface area contributed by atoms with Crippen molar-refractivity contribution in [2.45, 2.75) is 17.6 Å². The van der Waals surface area contributed by atoms with Gasteiger partial charge in [0.05, 0.1) is 11.3 Å². The second-order valence-corrected chi connectivity index (χ2v) is 6.91. The number of rotatable bonds is 6. The van der Waals surface area contributed by atoms with Crippen LogP contribution in [0.15, 0.2) is 77.7 Å². The van der Waals surface area contributed by atoms with Crippen molar-refractivity contribution in [1.82, 2.24) is 0 Å². The van der Waals surface area contributed by atoms with Crippen LogP contribution in [-0.2, 0) is 0 Å². The van der Waals surface area contributed by atoms with E-state index >= 15 is 0 Å². The summed E-state index contributed by atoms with van der Waals surface area (Å²) in [5.41, 5.74) is 3.57. The molecular formula is C21H18F2N2OS. The Morgan fingerprint density at radius 1 is 0.889 bits per heavy atom. The molecule has 0 spiro atoms. The minimum atomic E-state index is -2.45. The van der Waals surface area contributed by atoms with Crippen molar-refractivity contribution in [2.24, 2.45) is 0 Å². The van der Waals surface area contributed by atoms with Gasteiger partial charge in [-0.3, -0.25) is 4.79 Å². The Hall–Kier alpha value is -2.86. The zero-order valence-electron chi connectivity index (χ0n) is 14.6. The van der Waals surface area contributed by atoms with Gasteiger partial charge in [0.1, 0.15) is 0 Å². The van der Waals surface area contributed by atoms with Gasteiger partial charge in [0.15, 0.2) is 0 Å².